The molecule has 0 heterocycles. The normalized spacial score (nSPS) is 22.2. The van der Waals surface area contributed by atoms with Crippen molar-refractivity contribution in [3.8, 4) is 0 Å². The summed E-state index contributed by atoms with van der Waals surface area (Å²) in [7, 11) is -3.90. The predicted octanol–water partition coefficient (Wildman–Crippen LogP) is 7.70. The summed E-state index contributed by atoms with van der Waals surface area (Å²) in [5.74, 6) is 1.18. The van der Waals surface area contributed by atoms with E-state index >= 15 is 0 Å². The van der Waals surface area contributed by atoms with Crippen LogP contribution in [0.25, 0.3) is 0 Å². The lowest BCUT2D eigenvalue weighted by Gasteiger charge is -2.32. The molecule has 0 aromatic heterocycles. The van der Waals surface area contributed by atoms with E-state index in [2.05, 4.69) is 12.1 Å². The first-order valence-electron chi connectivity index (χ1n) is 14.0. The van der Waals surface area contributed by atoms with Crippen molar-refractivity contribution in [2.75, 3.05) is 6.61 Å². The molecule has 3 aliphatic carbocycles. The van der Waals surface area contributed by atoms with E-state index in [-0.39, 0.29) is 6.61 Å². The molecular weight excluding hydrogens is 444 g/mol. The van der Waals surface area contributed by atoms with Gasteiger partial charge in [-0.25, -0.2) is 0 Å². The van der Waals surface area contributed by atoms with Gasteiger partial charge in [-0.05, 0) is 86.8 Å². The first-order valence-corrected chi connectivity index (χ1v) is 15.4. The van der Waals surface area contributed by atoms with E-state index in [9.17, 15) is 13.5 Å². The lowest BCUT2D eigenvalue weighted by atomic mass is 9.76. The van der Waals surface area contributed by atoms with Crippen LogP contribution < -0.4 is 0 Å². The fourth-order valence-electron chi connectivity index (χ4n) is 6.55. The Bertz CT molecular complexity index is 858. The molecule has 4 nitrogen and oxygen atoms in total. The molecule has 0 bridgehead atoms. The van der Waals surface area contributed by atoms with Crippen LogP contribution in [0.3, 0.4) is 0 Å². The smallest absolute Gasteiger partial charge is 0.297 e. The first kappa shape index (κ1) is 26.2. The van der Waals surface area contributed by atoms with Crippen LogP contribution in [0.15, 0.2) is 17.0 Å². The quantitative estimate of drug-likeness (QED) is 0.379. The second-order valence-corrected chi connectivity index (χ2v) is 13.4. The topological polar surface area (TPSA) is 63.6 Å². The summed E-state index contributed by atoms with van der Waals surface area (Å²) in [6, 6.07) is 4.56. The van der Waals surface area contributed by atoms with E-state index in [4.69, 9.17) is 4.18 Å². The summed E-state index contributed by atoms with van der Waals surface area (Å²) in [5.41, 5.74) is 2.54. The average Bonchev–Trinajstić information content (AvgIpc) is 2.84. The molecule has 192 valence electrons. The molecule has 1 aromatic carbocycles. The maximum absolute atomic E-state index is 13.8. The zero-order valence-electron chi connectivity index (χ0n) is 21.5. The lowest BCUT2D eigenvalue weighted by Crippen LogP contribution is -2.24. The molecule has 1 N–H and O–H groups in total. The second kappa shape index (κ2) is 11.4. The molecule has 4 rings (SSSR count). The van der Waals surface area contributed by atoms with Gasteiger partial charge < -0.3 is 5.11 Å². The van der Waals surface area contributed by atoms with Crippen molar-refractivity contribution in [2.45, 2.75) is 145 Å². The van der Waals surface area contributed by atoms with Crippen molar-refractivity contribution in [3.63, 3.8) is 0 Å². The highest BCUT2D eigenvalue weighted by Crippen LogP contribution is 2.46. The highest BCUT2D eigenvalue weighted by molar-refractivity contribution is 7.86. The van der Waals surface area contributed by atoms with Crippen molar-refractivity contribution < 1.29 is 17.7 Å². The zero-order valence-corrected chi connectivity index (χ0v) is 22.3. The molecule has 0 saturated heterocycles. The average molecular weight is 491 g/mol. The Hall–Kier alpha value is -0.910. The Kier molecular flexibility index (Phi) is 8.80. The summed E-state index contributed by atoms with van der Waals surface area (Å²) >= 11 is 0. The molecule has 5 heteroatoms. The summed E-state index contributed by atoms with van der Waals surface area (Å²) in [4.78, 5) is 0.501. The SMILES string of the molecule is CC(C)(O)CCOS(=O)(=O)c1c(C2CCCCC2)cc(C2CCCCC2)cc1C1CCCCC1. The van der Waals surface area contributed by atoms with Crippen LogP contribution in [-0.2, 0) is 14.3 Å². The van der Waals surface area contributed by atoms with Crippen molar-refractivity contribution in [2.24, 2.45) is 0 Å². The van der Waals surface area contributed by atoms with Crippen molar-refractivity contribution >= 4 is 10.1 Å². The highest BCUT2D eigenvalue weighted by Gasteiger charge is 2.34. The van der Waals surface area contributed by atoms with Crippen LogP contribution in [0.4, 0.5) is 0 Å². The van der Waals surface area contributed by atoms with E-state index in [1.807, 2.05) is 0 Å². The number of aliphatic hydroxyl groups is 1. The van der Waals surface area contributed by atoms with Gasteiger partial charge in [-0.15, -0.1) is 0 Å². The van der Waals surface area contributed by atoms with Crippen LogP contribution in [0.1, 0.15) is 151 Å². The first-order chi connectivity index (χ1) is 16.2. The van der Waals surface area contributed by atoms with Gasteiger partial charge >= 0.3 is 0 Å². The van der Waals surface area contributed by atoms with Crippen molar-refractivity contribution in [3.05, 3.63) is 28.8 Å². The zero-order chi connectivity index (χ0) is 24.2. The minimum absolute atomic E-state index is 0.0183. The largest absolute Gasteiger partial charge is 0.390 e. The third-order valence-corrected chi connectivity index (χ3v) is 9.99. The summed E-state index contributed by atoms with van der Waals surface area (Å²) in [6.45, 7) is 3.41. The number of benzene rings is 1. The molecule has 1 aromatic rings. The van der Waals surface area contributed by atoms with E-state index in [0.717, 1.165) is 36.8 Å². The van der Waals surface area contributed by atoms with Crippen LogP contribution in [-0.4, -0.2) is 25.7 Å². The lowest BCUT2D eigenvalue weighted by molar-refractivity contribution is 0.0564. The Morgan fingerprint density at radius 3 is 1.59 bits per heavy atom. The molecule has 0 spiro atoms. The van der Waals surface area contributed by atoms with E-state index in [0.29, 0.717) is 29.1 Å². The molecule has 0 radical (unpaired) electrons. The van der Waals surface area contributed by atoms with Crippen LogP contribution in [0, 0.1) is 0 Å². The van der Waals surface area contributed by atoms with E-state index in [1.54, 1.807) is 13.8 Å². The molecule has 3 aliphatic rings. The molecule has 3 saturated carbocycles. The minimum atomic E-state index is -3.90. The third-order valence-electron chi connectivity index (χ3n) is 8.54. The van der Waals surface area contributed by atoms with Gasteiger partial charge in [0.2, 0.25) is 0 Å². The molecule has 34 heavy (non-hydrogen) atoms. The summed E-state index contributed by atoms with van der Waals surface area (Å²) < 4.78 is 33.3. The van der Waals surface area contributed by atoms with Gasteiger partial charge in [0, 0.05) is 6.42 Å². The van der Waals surface area contributed by atoms with Crippen molar-refractivity contribution in [1.29, 1.82) is 0 Å². The summed E-state index contributed by atoms with van der Waals surface area (Å²) in [6.07, 6.45) is 18.1. The minimum Gasteiger partial charge on any atom is -0.390 e. The molecule has 3 fully saturated rings. The van der Waals surface area contributed by atoms with Gasteiger partial charge in [0.25, 0.3) is 10.1 Å². The molecule has 0 unspecified atom stereocenters. The van der Waals surface area contributed by atoms with Gasteiger partial charge in [0.1, 0.15) is 4.90 Å². The fraction of sp³-hybridized carbons (Fsp3) is 0.793. The van der Waals surface area contributed by atoms with Crippen molar-refractivity contribution in [1.82, 2.24) is 0 Å². The highest BCUT2D eigenvalue weighted by atomic mass is 32.2. The standard InChI is InChI=1S/C29H46O4S/c1-29(2,30)18-19-33-34(31,32)28-26(23-14-8-4-9-15-23)20-25(22-12-6-3-7-13-22)21-27(28)24-16-10-5-11-17-24/h20-24,30H,3-19H2,1-2H3. The summed E-state index contributed by atoms with van der Waals surface area (Å²) in [5, 5.41) is 10.1. The Balaban J connectivity index is 1.79. The molecule has 0 aliphatic heterocycles. The van der Waals surface area contributed by atoms with Gasteiger partial charge in [-0.2, -0.15) is 8.42 Å². The van der Waals surface area contributed by atoms with Gasteiger partial charge in [0.05, 0.1) is 12.2 Å². The number of hydrogen-bond donors (Lipinski definition) is 1. The third kappa shape index (κ3) is 6.64. The maximum atomic E-state index is 13.8. The molecular formula is C29H46O4S. The van der Waals surface area contributed by atoms with Gasteiger partial charge in [-0.3, -0.25) is 4.18 Å². The molecule has 0 atom stereocenters. The molecule has 0 amide bonds. The number of rotatable bonds is 8. The van der Waals surface area contributed by atoms with Crippen LogP contribution in [0.5, 0.6) is 0 Å². The second-order valence-electron chi connectivity index (χ2n) is 11.9. The fourth-order valence-corrected chi connectivity index (χ4v) is 8.00. The van der Waals surface area contributed by atoms with Crippen LogP contribution in [0.2, 0.25) is 0 Å². The van der Waals surface area contributed by atoms with Gasteiger partial charge in [0.15, 0.2) is 0 Å². The maximum Gasteiger partial charge on any atom is 0.297 e. The van der Waals surface area contributed by atoms with E-state index in [1.165, 1.54) is 76.2 Å². The van der Waals surface area contributed by atoms with E-state index < -0.39 is 15.7 Å². The number of hydrogen-bond acceptors (Lipinski definition) is 4. The predicted molar refractivity (Wildman–Crippen MR) is 138 cm³/mol. The Labute approximate surface area is 208 Å². The van der Waals surface area contributed by atoms with Gasteiger partial charge in [-0.1, -0.05) is 69.9 Å². The monoisotopic (exact) mass is 490 g/mol. The Morgan fingerprint density at radius 1 is 0.765 bits per heavy atom. The Morgan fingerprint density at radius 2 is 1.18 bits per heavy atom. The van der Waals surface area contributed by atoms with Crippen LogP contribution >= 0.6 is 0 Å².